The second kappa shape index (κ2) is 4.73. The van der Waals surface area contributed by atoms with Crippen LogP contribution in [-0.4, -0.2) is 39.0 Å². The number of aliphatic hydroxyl groups excluding tert-OH is 1. The maximum Gasteiger partial charge on any atom is 0.261 e. The van der Waals surface area contributed by atoms with Gasteiger partial charge in [0.25, 0.3) is 5.56 Å². The number of rotatable bonds is 2. The van der Waals surface area contributed by atoms with E-state index in [9.17, 15) is 9.90 Å². The van der Waals surface area contributed by atoms with Gasteiger partial charge in [-0.3, -0.25) is 9.36 Å². The number of aromatic nitrogens is 3. The Kier molecular flexibility index (Phi) is 3.01. The molecule has 3 heterocycles. The number of fused-ring (bicyclic) bond motifs is 1. The predicted octanol–water partition coefficient (Wildman–Crippen LogP) is 0.0147. The zero-order valence-corrected chi connectivity index (χ0v) is 11.1. The number of aromatic amines is 1. The fraction of sp³-hybridized carbons (Fsp3) is 0.308. The lowest BCUT2D eigenvalue weighted by Crippen LogP contribution is -2.29. The molecule has 1 saturated heterocycles. The molecule has 1 fully saturated rings. The van der Waals surface area contributed by atoms with Gasteiger partial charge >= 0.3 is 0 Å². The number of aliphatic hydroxyl groups is 1. The van der Waals surface area contributed by atoms with Crippen molar-refractivity contribution in [3.8, 4) is 6.07 Å². The van der Waals surface area contributed by atoms with Crippen LogP contribution >= 0.6 is 0 Å². The van der Waals surface area contributed by atoms with Gasteiger partial charge in [-0.25, -0.2) is 4.98 Å². The number of nitrogens with one attached hydrogen (secondary N) is 1. The Morgan fingerprint density at radius 3 is 3.05 bits per heavy atom. The standard InChI is InChI=1S/C13H12N4O4/c1-6-10(20-2)9(18)13(21-6)17-4-7(3-14)8-11(17)15-5-16-12(8)19/h4-5,9-10,13,18H,1H2,2H3,(H,15,16,19). The highest BCUT2D eigenvalue weighted by Gasteiger charge is 2.42. The van der Waals surface area contributed by atoms with E-state index in [-0.39, 0.29) is 22.4 Å². The molecule has 3 unspecified atom stereocenters. The van der Waals surface area contributed by atoms with Crippen molar-refractivity contribution in [2.75, 3.05) is 7.11 Å². The van der Waals surface area contributed by atoms with E-state index in [0.717, 1.165) is 0 Å². The van der Waals surface area contributed by atoms with Crippen molar-refractivity contribution in [1.82, 2.24) is 14.5 Å². The summed E-state index contributed by atoms with van der Waals surface area (Å²) in [4.78, 5) is 18.3. The number of hydrogen-bond donors (Lipinski definition) is 2. The molecule has 1 aliphatic heterocycles. The largest absolute Gasteiger partial charge is 0.469 e. The molecule has 0 amide bonds. The van der Waals surface area contributed by atoms with Gasteiger partial charge in [0.2, 0.25) is 6.23 Å². The number of hydrogen-bond acceptors (Lipinski definition) is 6. The van der Waals surface area contributed by atoms with E-state index >= 15 is 0 Å². The number of nitriles is 1. The molecule has 0 aliphatic carbocycles. The molecule has 0 aromatic carbocycles. The van der Waals surface area contributed by atoms with E-state index in [1.54, 1.807) is 0 Å². The molecule has 3 rings (SSSR count). The van der Waals surface area contributed by atoms with Crippen molar-refractivity contribution >= 4 is 11.0 Å². The van der Waals surface area contributed by atoms with Crippen molar-refractivity contribution < 1.29 is 14.6 Å². The molecule has 2 N–H and O–H groups in total. The molecular weight excluding hydrogens is 276 g/mol. The molecule has 8 nitrogen and oxygen atoms in total. The molecule has 1 aliphatic rings. The summed E-state index contributed by atoms with van der Waals surface area (Å²) in [5, 5.41) is 19.6. The monoisotopic (exact) mass is 288 g/mol. The van der Waals surface area contributed by atoms with Crippen LogP contribution in [0, 0.1) is 11.3 Å². The van der Waals surface area contributed by atoms with Crippen LogP contribution in [-0.2, 0) is 9.47 Å². The van der Waals surface area contributed by atoms with Crippen LogP contribution in [0.5, 0.6) is 0 Å². The van der Waals surface area contributed by atoms with Gasteiger partial charge in [0, 0.05) is 13.3 Å². The lowest BCUT2D eigenvalue weighted by atomic mass is 10.2. The summed E-state index contributed by atoms with van der Waals surface area (Å²) in [5.41, 5.74) is -0.0181. The van der Waals surface area contributed by atoms with Gasteiger partial charge in [0.1, 0.15) is 29.4 Å². The van der Waals surface area contributed by atoms with E-state index in [0.29, 0.717) is 0 Å². The second-order valence-corrected chi connectivity index (χ2v) is 4.61. The van der Waals surface area contributed by atoms with Crippen LogP contribution in [0.3, 0.4) is 0 Å². The van der Waals surface area contributed by atoms with Crippen LogP contribution in [0.2, 0.25) is 0 Å². The van der Waals surface area contributed by atoms with Gasteiger partial charge in [0.15, 0.2) is 5.65 Å². The number of ether oxygens (including phenoxy) is 2. The van der Waals surface area contributed by atoms with Gasteiger partial charge < -0.3 is 19.6 Å². The quantitative estimate of drug-likeness (QED) is 0.805. The first-order valence-corrected chi connectivity index (χ1v) is 6.13. The third kappa shape index (κ3) is 1.83. The lowest BCUT2D eigenvalue weighted by molar-refractivity contribution is -0.0220. The topological polar surface area (TPSA) is 113 Å². The van der Waals surface area contributed by atoms with Crippen molar-refractivity contribution in [3.63, 3.8) is 0 Å². The molecule has 0 saturated carbocycles. The molecule has 3 atom stereocenters. The third-order valence-electron chi connectivity index (χ3n) is 3.46. The van der Waals surface area contributed by atoms with Gasteiger partial charge in [0.05, 0.1) is 11.9 Å². The van der Waals surface area contributed by atoms with Crippen molar-refractivity contribution in [2.45, 2.75) is 18.4 Å². The Morgan fingerprint density at radius 2 is 2.43 bits per heavy atom. The van der Waals surface area contributed by atoms with Crippen LogP contribution in [0.25, 0.3) is 11.0 Å². The summed E-state index contributed by atoms with van der Waals surface area (Å²) < 4.78 is 12.1. The maximum atomic E-state index is 11.8. The predicted molar refractivity (Wildman–Crippen MR) is 71.1 cm³/mol. The second-order valence-electron chi connectivity index (χ2n) is 4.61. The summed E-state index contributed by atoms with van der Waals surface area (Å²) in [6.07, 6.45) is 0.0883. The smallest absolute Gasteiger partial charge is 0.261 e. The number of H-pyrrole nitrogens is 1. The molecule has 8 heteroatoms. The van der Waals surface area contributed by atoms with Crippen molar-refractivity contribution in [1.29, 1.82) is 5.26 Å². The molecule has 2 aromatic rings. The Morgan fingerprint density at radius 1 is 1.67 bits per heavy atom. The Labute approximate surface area is 118 Å². The fourth-order valence-electron chi connectivity index (χ4n) is 2.50. The summed E-state index contributed by atoms with van der Waals surface area (Å²) in [5.74, 6) is 0.278. The first kappa shape index (κ1) is 13.4. The van der Waals surface area contributed by atoms with Crippen LogP contribution in [0.15, 0.2) is 29.7 Å². The highest BCUT2D eigenvalue weighted by molar-refractivity contribution is 5.82. The average Bonchev–Trinajstić information content (AvgIpc) is 2.97. The van der Waals surface area contributed by atoms with Crippen LogP contribution in [0.4, 0.5) is 0 Å². The van der Waals surface area contributed by atoms with Crippen LogP contribution < -0.4 is 5.56 Å². The summed E-state index contributed by atoms with van der Waals surface area (Å²) in [6, 6.07) is 1.93. The summed E-state index contributed by atoms with van der Waals surface area (Å²) in [7, 11) is 1.43. The number of methoxy groups -OCH3 is 1. The summed E-state index contributed by atoms with van der Waals surface area (Å²) >= 11 is 0. The highest BCUT2D eigenvalue weighted by Crippen LogP contribution is 2.34. The van der Waals surface area contributed by atoms with Crippen molar-refractivity contribution in [3.05, 3.63) is 40.8 Å². The minimum atomic E-state index is -1.02. The molecule has 0 bridgehead atoms. The normalized spacial score (nSPS) is 25.0. The van der Waals surface area contributed by atoms with Crippen molar-refractivity contribution in [2.24, 2.45) is 0 Å². The lowest BCUT2D eigenvalue weighted by Gasteiger charge is -2.17. The maximum absolute atomic E-state index is 11.8. The van der Waals surface area contributed by atoms with E-state index in [4.69, 9.17) is 14.7 Å². The highest BCUT2D eigenvalue weighted by atomic mass is 16.6. The van der Waals surface area contributed by atoms with Gasteiger partial charge in [-0.2, -0.15) is 5.26 Å². The zero-order chi connectivity index (χ0) is 15.1. The first-order chi connectivity index (χ1) is 10.1. The average molecular weight is 288 g/mol. The molecular formula is C13H12N4O4. The first-order valence-electron chi connectivity index (χ1n) is 6.13. The Bertz CT molecular complexity index is 816. The SMILES string of the molecule is C=C1OC(n2cc(C#N)c3c(=O)[nH]cnc32)C(O)C1OC. The molecule has 0 radical (unpaired) electrons. The fourth-order valence-corrected chi connectivity index (χ4v) is 2.50. The van der Waals surface area contributed by atoms with E-state index in [2.05, 4.69) is 16.5 Å². The molecule has 2 aromatic heterocycles. The zero-order valence-electron chi connectivity index (χ0n) is 11.1. The van der Waals surface area contributed by atoms with Gasteiger partial charge in [-0.05, 0) is 0 Å². The molecule has 108 valence electrons. The number of nitrogens with zero attached hydrogens (tertiary/aromatic N) is 3. The molecule has 0 spiro atoms. The Balaban J connectivity index is 2.19. The van der Waals surface area contributed by atoms with Gasteiger partial charge in [-0.15, -0.1) is 0 Å². The minimum absolute atomic E-state index is 0.154. The van der Waals surface area contributed by atoms with E-state index in [1.165, 1.54) is 24.2 Å². The minimum Gasteiger partial charge on any atom is -0.469 e. The third-order valence-corrected chi connectivity index (χ3v) is 3.46. The van der Waals surface area contributed by atoms with Crippen LogP contribution in [0.1, 0.15) is 11.8 Å². The molecule has 21 heavy (non-hydrogen) atoms. The Hall–Kier alpha value is -2.63. The van der Waals surface area contributed by atoms with E-state index in [1.807, 2.05) is 6.07 Å². The van der Waals surface area contributed by atoms with E-state index < -0.39 is 24.0 Å². The summed E-state index contributed by atoms with van der Waals surface area (Å²) in [6.45, 7) is 3.68. The van der Waals surface area contributed by atoms with Gasteiger partial charge in [-0.1, -0.05) is 6.58 Å².